The topological polar surface area (TPSA) is 71.1 Å². The van der Waals surface area contributed by atoms with E-state index in [1.807, 2.05) is 45.0 Å². The minimum Gasteiger partial charge on any atom is -0.496 e. The number of ether oxygens (including phenoxy) is 2. The van der Waals surface area contributed by atoms with Gasteiger partial charge in [0.05, 0.1) is 13.7 Å². The standard InChI is InChI=1S/C29H41N3O4/c1-8-32(9-2)23-13-14-25(21(5)17-23)30-27(33)29(31(6)28(34)36-19-20(3)4)16-15-22-11-10-12-26(35-7)24(22)18-29/h10-14,17,20H,8-9,15-16,18-19H2,1-7H3,(H,30,33). The summed E-state index contributed by atoms with van der Waals surface area (Å²) in [5, 5.41) is 3.14. The highest BCUT2D eigenvalue weighted by atomic mass is 16.6. The van der Waals surface area contributed by atoms with Gasteiger partial charge in [0, 0.05) is 43.5 Å². The number of aryl methyl sites for hydroxylation is 2. The summed E-state index contributed by atoms with van der Waals surface area (Å²) in [5.74, 6) is 0.709. The van der Waals surface area contributed by atoms with E-state index in [1.165, 1.54) is 4.90 Å². The van der Waals surface area contributed by atoms with E-state index in [0.29, 0.717) is 25.9 Å². The molecule has 0 fully saturated rings. The highest BCUT2D eigenvalue weighted by molar-refractivity contribution is 6.01. The smallest absolute Gasteiger partial charge is 0.410 e. The maximum absolute atomic E-state index is 14.1. The Labute approximate surface area is 215 Å². The molecule has 0 bridgehead atoms. The Balaban J connectivity index is 1.97. The van der Waals surface area contributed by atoms with Crippen LogP contribution in [0.2, 0.25) is 0 Å². The fourth-order valence-corrected chi connectivity index (χ4v) is 4.91. The van der Waals surface area contributed by atoms with Crippen LogP contribution >= 0.6 is 0 Å². The number of nitrogens with zero attached hydrogens (tertiary/aromatic N) is 2. The van der Waals surface area contributed by atoms with Crippen LogP contribution in [0.1, 0.15) is 50.8 Å². The van der Waals surface area contributed by atoms with Gasteiger partial charge in [-0.15, -0.1) is 0 Å². The zero-order valence-corrected chi connectivity index (χ0v) is 22.8. The zero-order chi connectivity index (χ0) is 26.5. The highest BCUT2D eigenvalue weighted by Crippen LogP contribution is 2.39. The number of hydrogen-bond donors (Lipinski definition) is 1. The molecule has 1 aliphatic rings. The summed E-state index contributed by atoms with van der Waals surface area (Å²) in [6.45, 7) is 12.3. The summed E-state index contributed by atoms with van der Waals surface area (Å²) in [6, 6.07) is 12.0. The number of carbonyl (C=O) groups is 2. The van der Waals surface area contributed by atoms with Crippen LogP contribution in [-0.4, -0.2) is 56.3 Å². The average molecular weight is 496 g/mol. The van der Waals surface area contributed by atoms with Crippen molar-refractivity contribution in [1.29, 1.82) is 0 Å². The van der Waals surface area contributed by atoms with E-state index in [0.717, 1.165) is 46.9 Å². The fourth-order valence-electron chi connectivity index (χ4n) is 4.91. The second-order valence-corrected chi connectivity index (χ2v) is 9.96. The van der Waals surface area contributed by atoms with Crippen LogP contribution in [0.3, 0.4) is 0 Å². The summed E-state index contributed by atoms with van der Waals surface area (Å²) < 4.78 is 11.2. The molecule has 3 rings (SSSR count). The molecule has 1 atom stereocenters. The number of carbonyl (C=O) groups excluding carboxylic acids is 2. The lowest BCUT2D eigenvalue weighted by Crippen LogP contribution is -2.60. The molecule has 0 heterocycles. The van der Waals surface area contributed by atoms with Gasteiger partial charge in [-0.1, -0.05) is 26.0 Å². The van der Waals surface area contributed by atoms with Crippen molar-refractivity contribution in [3.63, 3.8) is 0 Å². The molecule has 0 aliphatic heterocycles. The second kappa shape index (κ2) is 11.7. The van der Waals surface area contributed by atoms with E-state index in [9.17, 15) is 9.59 Å². The van der Waals surface area contributed by atoms with E-state index >= 15 is 0 Å². The van der Waals surface area contributed by atoms with Crippen LogP contribution in [0, 0.1) is 12.8 Å². The van der Waals surface area contributed by atoms with Crippen molar-refractivity contribution < 1.29 is 19.1 Å². The van der Waals surface area contributed by atoms with Crippen LogP contribution in [0.25, 0.3) is 0 Å². The molecule has 1 unspecified atom stereocenters. The van der Waals surface area contributed by atoms with Crippen LogP contribution in [-0.2, 0) is 22.4 Å². The molecule has 0 saturated carbocycles. The van der Waals surface area contributed by atoms with Gasteiger partial charge in [0.1, 0.15) is 11.3 Å². The number of fused-ring (bicyclic) bond motifs is 1. The van der Waals surface area contributed by atoms with Crippen molar-refractivity contribution >= 4 is 23.4 Å². The maximum atomic E-state index is 14.1. The molecule has 196 valence electrons. The first-order valence-corrected chi connectivity index (χ1v) is 12.9. The number of amides is 2. The third kappa shape index (κ3) is 5.61. The summed E-state index contributed by atoms with van der Waals surface area (Å²) >= 11 is 0. The number of benzene rings is 2. The molecule has 1 N–H and O–H groups in total. The number of nitrogens with one attached hydrogen (secondary N) is 1. The lowest BCUT2D eigenvalue weighted by Gasteiger charge is -2.43. The average Bonchev–Trinajstić information content (AvgIpc) is 2.88. The largest absolute Gasteiger partial charge is 0.496 e. The van der Waals surface area contributed by atoms with Crippen molar-refractivity contribution in [2.24, 2.45) is 5.92 Å². The molecule has 0 spiro atoms. The summed E-state index contributed by atoms with van der Waals surface area (Å²) in [5.41, 5.74) is 3.82. The van der Waals surface area contributed by atoms with Crippen molar-refractivity contribution in [2.75, 3.05) is 44.1 Å². The molecule has 7 heteroatoms. The predicted octanol–water partition coefficient (Wildman–Crippen LogP) is 5.44. The molecular weight excluding hydrogens is 454 g/mol. The van der Waals surface area contributed by atoms with Gasteiger partial charge < -0.3 is 19.7 Å². The number of rotatable bonds is 9. The normalized spacial score (nSPS) is 16.8. The molecule has 2 aromatic carbocycles. The molecule has 36 heavy (non-hydrogen) atoms. The van der Waals surface area contributed by atoms with Crippen LogP contribution in [0.4, 0.5) is 16.2 Å². The number of methoxy groups -OCH3 is 1. The molecule has 2 aromatic rings. The van der Waals surface area contributed by atoms with Gasteiger partial charge >= 0.3 is 6.09 Å². The van der Waals surface area contributed by atoms with Crippen LogP contribution < -0.4 is 15.0 Å². The van der Waals surface area contributed by atoms with Crippen molar-refractivity contribution in [3.05, 3.63) is 53.1 Å². The molecule has 7 nitrogen and oxygen atoms in total. The van der Waals surface area contributed by atoms with Gasteiger partial charge in [-0.3, -0.25) is 9.69 Å². The minimum atomic E-state index is -1.11. The van der Waals surface area contributed by atoms with Gasteiger partial charge in [-0.25, -0.2) is 4.79 Å². The lowest BCUT2D eigenvalue weighted by molar-refractivity contribution is -0.127. The Kier molecular flexibility index (Phi) is 8.88. The molecule has 2 amide bonds. The summed E-state index contributed by atoms with van der Waals surface area (Å²) in [7, 11) is 3.30. The maximum Gasteiger partial charge on any atom is 0.410 e. The van der Waals surface area contributed by atoms with Crippen molar-refractivity contribution in [1.82, 2.24) is 4.90 Å². The number of anilines is 2. The molecule has 0 radical (unpaired) electrons. The first-order chi connectivity index (χ1) is 17.2. The Morgan fingerprint density at radius 3 is 2.47 bits per heavy atom. The van der Waals surface area contributed by atoms with Gasteiger partial charge in [0.15, 0.2) is 0 Å². The number of hydrogen-bond acceptors (Lipinski definition) is 5. The van der Waals surface area contributed by atoms with Gasteiger partial charge in [-0.05, 0) is 74.9 Å². The lowest BCUT2D eigenvalue weighted by atomic mass is 9.76. The number of likely N-dealkylation sites (N-methyl/N-ethyl adjacent to an activating group) is 1. The van der Waals surface area contributed by atoms with Crippen molar-refractivity contribution in [2.45, 2.75) is 59.4 Å². The van der Waals surface area contributed by atoms with Gasteiger partial charge in [-0.2, -0.15) is 0 Å². The minimum absolute atomic E-state index is 0.200. The molecule has 0 aromatic heterocycles. The van der Waals surface area contributed by atoms with Crippen LogP contribution in [0.15, 0.2) is 36.4 Å². The first kappa shape index (κ1) is 27.4. The SMILES string of the molecule is CCN(CC)c1ccc(NC(=O)C2(N(C)C(=O)OCC(C)C)CCc3cccc(OC)c3C2)c(C)c1. The van der Waals surface area contributed by atoms with Gasteiger partial charge in [0.25, 0.3) is 5.91 Å². The molecular formula is C29H41N3O4. The predicted molar refractivity (Wildman–Crippen MR) is 145 cm³/mol. The molecule has 1 aliphatic carbocycles. The van der Waals surface area contributed by atoms with E-state index in [-0.39, 0.29) is 11.8 Å². The van der Waals surface area contributed by atoms with E-state index in [4.69, 9.17) is 9.47 Å². The van der Waals surface area contributed by atoms with E-state index in [1.54, 1.807) is 14.2 Å². The Morgan fingerprint density at radius 1 is 1.14 bits per heavy atom. The van der Waals surface area contributed by atoms with Crippen LogP contribution in [0.5, 0.6) is 5.75 Å². The van der Waals surface area contributed by atoms with E-state index in [2.05, 4.69) is 36.2 Å². The summed E-state index contributed by atoms with van der Waals surface area (Å²) in [6.07, 6.45) is 0.998. The monoisotopic (exact) mass is 495 g/mol. The Hall–Kier alpha value is -3.22. The van der Waals surface area contributed by atoms with Crippen molar-refractivity contribution in [3.8, 4) is 5.75 Å². The third-order valence-electron chi connectivity index (χ3n) is 7.19. The molecule has 0 saturated heterocycles. The van der Waals surface area contributed by atoms with E-state index < -0.39 is 11.6 Å². The highest BCUT2D eigenvalue weighted by Gasteiger charge is 2.48. The van der Waals surface area contributed by atoms with Gasteiger partial charge in [0.2, 0.25) is 0 Å². The second-order valence-electron chi connectivity index (χ2n) is 9.96. The first-order valence-electron chi connectivity index (χ1n) is 12.9. The quantitative estimate of drug-likeness (QED) is 0.502. The summed E-state index contributed by atoms with van der Waals surface area (Å²) in [4.78, 5) is 30.9. The Morgan fingerprint density at radius 2 is 1.86 bits per heavy atom. The third-order valence-corrected chi connectivity index (χ3v) is 7.19. The Bertz CT molecular complexity index is 1070. The fraction of sp³-hybridized carbons (Fsp3) is 0.517. The zero-order valence-electron chi connectivity index (χ0n) is 22.8.